The number of pyridine rings is 1. The number of carbonyl (C=O) groups excluding carboxylic acids is 1. The number of nitrogens with one attached hydrogen (secondary N) is 1. The summed E-state index contributed by atoms with van der Waals surface area (Å²) in [4.78, 5) is 15.8. The van der Waals surface area contributed by atoms with Crippen LogP contribution in [0.25, 0.3) is 0 Å². The molecule has 0 fully saturated rings. The lowest BCUT2D eigenvalue weighted by molar-refractivity contribution is -0.114. The van der Waals surface area contributed by atoms with E-state index < -0.39 is 0 Å². The highest BCUT2D eigenvalue weighted by Gasteiger charge is 2.39. The largest absolute Gasteiger partial charge is 0.493 e. The standard InChI is InChI=1S/C19H19N3O3/c1-14(23)21-16-6-7-17(24-2)19(25-3)18(16)22(12-4-5-13-22)15-8-10-20-11-9-15/h4-13H,1-3H3/p+1. The number of carbonyl (C=O) groups is 1. The molecule has 1 aliphatic heterocycles. The molecule has 1 aromatic carbocycles. The summed E-state index contributed by atoms with van der Waals surface area (Å²) in [5.74, 6) is 0.988. The summed E-state index contributed by atoms with van der Waals surface area (Å²) in [5.41, 5.74) is 2.37. The number of allylic oxidation sites excluding steroid dienone is 2. The van der Waals surface area contributed by atoms with E-state index in [0.717, 1.165) is 11.4 Å². The van der Waals surface area contributed by atoms with E-state index in [9.17, 15) is 4.79 Å². The van der Waals surface area contributed by atoms with E-state index >= 15 is 0 Å². The highest BCUT2D eigenvalue weighted by molar-refractivity contribution is 5.96. The maximum atomic E-state index is 11.7. The lowest BCUT2D eigenvalue weighted by Gasteiger charge is -2.31. The molecule has 0 saturated heterocycles. The van der Waals surface area contributed by atoms with E-state index in [1.165, 1.54) is 6.92 Å². The van der Waals surface area contributed by atoms with Gasteiger partial charge in [-0.15, -0.1) is 0 Å². The van der Waals surface area contributed by atoms with Crippen LogP contribution in [-0.4, -0.2) is 25.1 Å². The van der Waals surface area contributed by atoms with Crippen molar-refractivity contribution in [2.24, 2.45) is 0 Å². The summed E-state index contributed by atoms with van der Waals surface area (Å²) in [5, 5.41) is 2.90. The topological polar surface area (TPSA) is 60.5 Å². The molecule has 2 aromatic rings. The number of methoxy groups -OCH3 is 2. The highest BCUT2D eigenvalue weighted by atomic mass is 16.5. The van der Waals surface area contributed by atoms with Gasteiger partial charge in [0.2, 0.25) is 17.3 Å². The Kier molecular flexibility index (Phi) is 4.54. The maximum absolute atomic E-state index is 11.7. The van der Waals surface area contributed by atoms with Gasteiger partial charge in [-0.25, -0.2) is 4.48 Å². The molecule has 0 aliphatic carbocycles. The van der Waals surface area contributed by atoms with Crippen molar-refractivity contribution in [3.05, 3.63) is 61.2 Å². The smallest absolute Gasteiger partial charge is 0.226 e. The number of amides is 1. The molecule has 0 atom stereocenters. The normalized spacial score (nSPS) is 14.4. The zero-order chi connectivity index (χ0) is 17.9. The third kappa shape index (κ3) is 2.88. The molecule has 128 valence electrons. The first-order valence-corrected chi connectivity index (χ1v) is 7.81. The van der Waals surface area contributed by atoms with Gasteiger partial charge >= 0.3 is 0 Å². The summed E-state index contributed by atoms with van der Waals surface area (Å²) >= 11 is 0. The van der Waals surface area contributed by atoms with Crippen molar-refractivity contribution in [1.82, 2.24) is 9.47 Å². The van der Waals surface area contributed by atoms with Gasteiger partial charge in [0, 0.05) is 31.5 Å². The Morgan fingerprint density at radius 3 is 2.28 bits per heavy atom. The molecule has 0 bridgehead atoms. The highest BCUT2D eigenvalue weighted by Crippen LogP contribution is 2.51. The number of rotatable bonds is 5. The fraction of sp³-hybridized carbons (Fsp3) is 0.158. The second-order valence-electron chi connectivity index (χ2n) is 5.54. The van der Waals surface area contributed by atoms with Gasteiger partial charge in [0.25, 0.3) is 0 Å². The van der Waals surface area contributed by atoms with Crippen molar-refractivity contribution < 1.29 is 14.3 Å². The summed E-state index contributed by atoms with van der Waals surface area (Å²) in [6, 6.07) is 7.45. The van der Waals surface area contributed by atoms with E-state index in [-0.39, 0.29) is 10.4 Å². The van der Waals surface area contributed by atoms with Crippen molar-refractivity contribution in [2.45, 2.75) is 6.92 Å². The SMILES string of the molecule is COc1ccc(NC(C)=O)c([N+]2(c3ccncc3)C=CC=C2)c1OC. The van der Waals surface area contributed by atoms with Crippen LogP contribution in [0.3, 0.4) is 0 Å². The molecule has 1 N–H and O–H groups in total. The van der Waals surface area contributed by atoms with Crippen LogP contribution in [0.2, 0.25) is 0 Å². The van der Waals surface area contributed by atoms with Gasteiger partial charge in [-0.3, -0.25) is 9.78 Å². The molecule has 1 aliphatic rings. The number of quaternary nitrogens is 1. The minimum atomic E-state index is -0.159. The van der Waals surface area contributed by atoms with Gasteiger partial charge < -0.3 is 14.8 Å². The monoisotopic (exact) mass is 338 g/mol. The number of benzene rings is 1. The van der Waals surface area contributed by atoms with Crippen LogP contribution in [0.15, 0.2) is 61.2 Å². The zero-order valence-electron chi connectivity index (χ0n) is 14.4. The number of aromatic nitrogens is 1. The molecular formula is C19H20N3O3+. The Hall–Kier alpha value is -3.12. The zero-order valence-corrected chi connectivity index (χ0v) is 14.4. The summed E-state index contributed by atoms with van der Waals surface area (Å²) < 4.78 is 11.4. The third-order valence-electron chi connectivity index (χ3n) is 4.04. The quantitative estimate of drug-likeness (QED) is 0.844. The second-order valence-corrected chi connectivity index (χ2v) is 5.54. The molecule has 2 heterocycles. The predicted molar refractivity (Wildman–Crippen MR) is 97.8 cm³/mol. The molecule has 6 nitrogen and oxygen atoms in total. The van der Waals surface area contributed by atoms with Crippen LogP contribution in [0.1, 0.15) is 6.92 Å². The van der Waals surface area contributed by atoms with Gasteiger partial charge in [0.15, 0.2) is 5.75 Å². The Labute approximate surface area is 146 Å². The first-order valence-electron chi connectivity index (χ1n) is 7.81. The van der Waals surface area contributed by atoms with E-state index in [2.05, 4.69) is 10.3 Å². The van der Waals surface area contributed by atoms with Gasteiger partial charge in [-0.05, 0) is 24.3 Å². The average molecular weight is 338 g/mol. The molecule has 0 unspecified atom stereocenters. The van der Waals surface area contributed by atoms with Crippen LogP contribution >= 0.6 is 0 Å². The summed E-state index contributed by atoms with van der Waals surface area (Å²) in [6.45, 7) is 1.48. The molecule has 0 saturated carbocycles. The molecule has 0 spiro atoms. The Balaban J connectivity index is 2.34. The fourth-order valence-corrected chi connectivity index (χ4v) is 3.03. The number of anilines is 1. The Bertz CT molecular complexity index is 832. The number of hydrogen-bond donors (Lipinski definition) is 1. The van der Waals surface area contributed by atoms with E-state index in [1.54, 1.807) is 32.7 Å². The molecule has 3 rings (SSSR count). The molecule has 1 amide bonds. The van der Waals surface area contributed by atoms with E-state index in [0.29, 0.717) is 17.2 Å². The molecule has 1 aromatic heterocycles. The minimum Gasteiger partial charge on any atom is -0.493 e. The Morgan fingerprint density at radius 1 is 1.04 bits per heavy atom. The van der Waals surface area contributed by atoms with Crippen molar-refractivity contribution in [2.75, 3.05) is 19.5 Å². The molecular weight excluding hydrogens is 318 g/mol. The fourth-order valence-electron chi connectivity index (χ4n) is 3.03. The predicted octanol–water partition coefficient (Wildman–Crippen LogP) is 3.74. The minimum absolute atomic E-state index is 0.159. The van der Waals surface area contributed by atoms with Crippen LogP contribution in [-0.2, 0) is 4.79 Å². The van der Waals surface area contributed by atoms with Gasteiger partial charge in [-0.1, -0.05) is 0 Å². The van der Waals surface area contributed by atoms with E-state index in [4.69, 9.17) is 9.47 Å². The van der Waals surface area contributed by atoms with Crippen LogP contribution in [0.4, 0.5) is 17.1 Å². The summed E-state index contributed by atoms with van der Waals surface area (Å²) in [7, 11) is 3.18. The lowest BCUT2D eigenvalue weighted by Crippen LogP contribution is -2.32. The van der Waals surface area contributed by atoms with Crippen molar-refractivity contribution in [3.63, 3.8) is 0 Å². The van der Waals surface area contributed by atoms with Crippen LogP contribution in [0, 0.1) is 0 Å². The Morgan fingerprint density at radius 2 is 1.72 bits per heavy atom. The summed E-state index contributed by atoms with van der Waals surface area (Å²) in [6.07, 6.45) is 11.4. The maximum Gasteiger partial charge on any atom is 0.226 e. The van der Waals surface area contributed by atoms with Crippen molar-refractivity contribution >= 4 is 23.0 Å². The lowest BCUT2D eigenvalue weighted by atomic mass is 10.1. The third-order valence-corrected chi connectivity index (χ3v) is 4.04. The number of hydrogen-bond acceptors (Lipinski definition) is 4. The van der Waals surface area contributed by atoms with Crippen LogP contribution in [0.5, 0.6) is 11.5 Å². The van der Waals surface area contributed by atoms with Crippen molar-refractivity contribution in [1.29, 1.82) is 0 Å². The number of nitrogens with zero attached hydrogens (tertiary/aromatic N) is 2. The van der Waals surface area contributed by atoms with Crippen molar-refractivity contribution in [3.8, 4) is 11.5 Å². The molecule has 6 heteroatoms. The second kappa shape index (κ2) is 6.78. The molecule has 25 heavy (non-hydrogen) atoms. The van der Waals surface area contributed by atoms with E-state index in [1.807, 2.05) is 42.8 Å². The first-order chi connectivity index (χ1) is 12.1. The molecule has 0 radical (unpaired) electrons. The average Bonchev–Trinajstić information content (AvgIpc) is 3.12. The van der Waals surface area contributed by atoms with Gasteiger partial charge in [0.05, 0.1) is 14.2 Å². The van der Waals surface area contributed by atoms with Gasteiger partial charge in [-0.2, -0.15) is 0 Å². The number of ether oxygens (including phenoxy) is 2. The van der Waals surface area contributed by atoms with Gasteiger partial charge in [0.1, 0.15) is 23.8 Å². The van der Waals surface area contributed by atoms with Crippen LogP contribution < -0.4 is 19.3 Å². The first kappa shape index (κ1) is 16.7.